The average Bonchev–Trinajstić information content (AvgIpc) is 3.98. The highest BCUT2D eigenvalue weighted by Crippen LogP contribution is 2.39. The molecule has 25 heteroatoms. The molecule has 0 spiro atoms. The third-order valence-electron chi connectivity index (χ3n) is 7.97. The van der Waals surface area contributed by atoms with Gasteiger partial charge in [-0.2, -0.15) is 52.7 Å². The van der Waals surface area contributed by atoms with E-state index in [-0.39, 0.29) is 18.0 Å². The number of halogens is 12. The van der Waals surface area contributed by atoms with Crippen LogP contribution in [0.4, 0.5) is 52.7 Å². The van der Waals surface area contributed by atoms with E-state index in [1.807, 2.05) is 5.01 Å². The first-order valence-corrected chi connectivity index (χ1v) is 16.9. The Morgan fingerprint density at radius 1 is 0.593 bits per heavy atom. The van der Waals surface area contributed by atoms with E-state index >= 15 is 0 Å². The van der Waals surface area contributed by atoms with Gasteiger partial charge in [0.15, 0.2) is 11.6 Å². The maximum absolute atomic E-state index is 13.0. The van der Waals surface area contributed by atoms with E-state index in [4.69, 9.17) is 10.9 Å². The van der Waals surface area contributed by atoms with Gasteiger partial charge in [-0.15, -0.1) is 10.2 Å². The third kappa shape index (κ3) is 14.2. The topological polar surface area (TPSA) is 160 Å². The zero-order chi connectivity index (χ0) is 43.8. The Hall–Kier alpha value is -5.82. The molecule has 2 saturated heterocycles. The second kappa shape index (κ2) is 18.8. The Balaban J connectivity index is 0.000000231. The van der Waals surface area contributed by atoms with E-state index in [9.17, 15) is 62.3 Å². The number of aromatic nitrogens is 6. The number of aliphatic carboxylic acids is 1. The Kier molecular flexibility index (Phi) is 14.6. The van der Waals surface area contributed by atoms with Gasteiger partial charge in [0, 0.05) is 61.9 Å². The van der Waals surface area contributed by atoms with Crippen molar-refractivity contribution < 1.29 is 67.4 Å². The lowest BCUT2D eigenvalue weighted by Gasteiger charge is -2.14. The normalized spacial score (nSPS) is 15.6. The predicted octanol–water partition coefficient (Wildman–Crippen LogP) is 7.07. The van der Waals surface area contributed by atoms with Crippen LogP contribution in [0.15, 0.2) is 61.2 Å². The summed E-state index contributed by atoms with van der Waals surface area (Å²) in [6, 6.07) is 2.07. The largest absolute Gasteiger partial charge is 0.478 e. The lowest BCUT2D eigenvalue weighted by Crippen LogP contribution is -2.39. The van der Waals surface area contributed by atoms with Crippen molar-refractivity contribution in [3.05, 3.63) is 83.5 Å². The number of hydrogen-bond acceptors (Lipinski definition) is 9. The summed E-state index contributed by atoms with van der Waals surface area (Å²) in [6.45, 7) is 3.65. The first-order chi connectivity index (χ1) is 27.4. The molecule has 0 bridgehead atoms. The van der Waals surface area contributed by atoms with E-state index < -0.39 is 75.8 Å². The third-order valence-corrected chi connectivity index (χ3v) is 7.97. The maximum Gasteiger partial charge on any atom is 0.416 e. The van der Waals surface area contributed by atoms with Crippen LogP contribution in [0.25, 0.3) is 35.2 Å². The summed E-state index contributed by atoms with van der Waals surface area (Å²) in [6.07, 6.45) is -9.45. The molecule has 0 aliphatic carbocycles. The van der Waals surface area contributed by atoms with Crippen molar-refractivity contribution in [1.29, 1.82) is 0 Å². The summed E-state index contributed by atoms with van der Waals surface area (Å²) < 4.78 is 156. The Morgan fingerprint density at radius 2 is 0.949 bits per heavy atom. The van der Waals surface area contributed by atoms with E-state index in [1.165, 1.54) is 19.0 Å². The minimum absolute atomic E-state index is 0.00910. The number of carboxylic acid groups (broad SMARTS) is 1. The summed E-state index contributed by atoms with van der Waals surface area (Å²) in [7, 11) is 0. The molecule has 13 nitrogen and oxygen atoms in total. The zero-order valence-electron chi connectivity index (χ0n) is 30.0. The van der Waals surface area contributed by atoms with E-state index in [1.54, 1.807) is 5.01 Å². The number of carboxylic acids is 1. The number of carbonyl (C=O) groups is 2. The van der Waals surface area contributed by atoms with Crippen molar-refractivity contribution in [2.24, 2.45) is 5.84 Å². The van der Waals surface area contributed by atoms with Crippen LogP contribution in [0.3, 0.4) is 0 Å². The first-order valence-electron chi connectivity index (χ1n) is 16.9. The monoisotopic (exact) mass is 856 g/mol. The van der Waals surface area contributed by atoms with Crippen LogP contribution >= 0.6 is 0 Å². The quantitative estimate of drug-likeness (QED) is 0.0997. The van der Waals surface area contributed by atoms with Gasteiger partial charge >= 0.3 is 30.7 Å². The molecule has 0 radical (unpaired) electrons. The van der Waals surface area contributed by atoms with Crippen LogP contribution < -0.4 is 11.3 Å². The molecule has 0 atom stereocenters. The van der Waals surface area contributed by atoms with Gasteiger partial charge in [-0.3, -0.25) is 16.1 Å². The number of carbonyl (C=O) groups excluding carboxylic acids is 1. The van der Waals surface area contributed by atoms with Gasteiger partial charge in [-0.05, 0) is 62.1 Å². The molecular formula is C34H32F12N10O3. The first kappa shape index (κ1) is 45.9. The maximum atomic E-state index is 13.0. The predicted molar refractivity (Wildman–Crippen MR) is 183 cm³/mol. The smallest absolute Gasteiger partial charge is 0.416 e. The van der Waals surface area contributed by atoms with Crippen molar-refractivity contribution in [2.75, 3.05) is 26.2 Å². The number of amides is 1. The molecule has 4 N–H and O–H groups in total. The fourth-order valence-corrected chi connectivity index (χ4v) is 5.17. The Morgan fingerprint density at radius 3 is 1.27 bits per heavy atom. The standard InChI is InChI=1S/C17H15F6N5O.C13H7F6N3O2.C4H10N2/c18-16(19,20)12-7-11(8-13(9-12)17(21,22)23)15-24-10-28(26-15)6-3-14(29)25-27-4-1-2-5-27;14-12(15,16)8-3-7(4-9(5-8)13(17,18)19)11-20-6-22(21-11)2-1-10(23)24;5-6-3-1-2-4-6/h3,6-10H,1-2,4-5H2,(H,25,29);1-6H,(H,23,24);1-5H2/b6-3-;2-1-;. The van der Waals surface area contributed by atoms with Crippen LogP contribution in [-0.2, 0) is 34.3 Å². The lowest BCUT2D eigenvalue weighted by molar-refractivity contribution is -0.144. The van der Waals surface area contributed by atoms with Crippen LogP contribution in [-0.4, -0.2) is 82.7 Å². The number of hydrazine groups is 2. The van der Waals surface area contributed by atoms with Crippen molar-refractivity contribution in [2.45, 2.75) is 50.4 Å². The molecular weight excluding hydrogens is 824 g/mol. The molecule has 2 aromatic carbocycles. The zero-order valence-corrected chi connectivity index (χ0v) is 30.0. The Bertz CT molecular complexity index is 2050. The number of nitrogens with one attached hydrogen (secondary N) is 1. The molecule has 2 aliphatic heterocycles. The molecule has 2 fully saturated rings. The summed E-state index contributed by atoms with van der Waals surface area (Å²) in [5.41, 5.74) is -4.22. The number of rotatable bonds is 7. The molecule has 6 rings (SSSR count). The van der Waals surface area contributed by atoms with Crippen molar-refractivity contribution in [3.8, 4) is 22.8 Å². The molecule has 4 aromatic rings. The van der Waals surface area contributed by atoms with Crippen molar-refractivity contribution >= 4 is 24.3 Å². The molecule has 59 heavy (non-hydrogen) atoms. The molecule has 320 valence electrons. The fraction of sp³-hybridized carbons (Fsp3) is 0.353. The molecule has 4 heterocycles. The van der Waals surface area contributed by atoms with Crippen molar-refractivity contribution in [3.63, 3.8) is 0 Å². The van der Waals surface area contributed by atoms with Gasteiger partial charge in [0.1, 0.15) is 12.7 Å². The minimum atomic E-state index is -4.98. The van der Waals surface area contributed by atoms with Gasteiger partial charge < -0.3 is 5.11 Å². The SMILES string of the molecule is NN1CCCC1.O=C(/C=C\n1cnc(-c2cc(C(F)(F)F)cc(C(F)(F)F)c2)n1)NN1CCCC1.O=C(O)/C=C\n1cnc(-c2cc(C(F)(F)F)cc(C(F)(F)F)c2)n1. The second-order valence-corrected chi connectivity index (χ2v) is 12.6. The molecule has 0 unspecified atom stereocenters. The summed E-state index contributed by atoms with van der Waals surface area (Å²) in [5.74, 6) is 2.85. The minimum Gasteiger partial charge on any atom is -0.478 e. The second-order valence-electron chi connectivity index (χ2n) is 12.6. The summed E-state index contributed by atoms with van der Waals surface area (Å²) in [5, 5.41) is 19.5. The van der Waals surface area contributed by atoms with Crippen LogP contribution in [0.5, 0.6) is 0 Å². The van der Waals surface area contributed by atoms with Gasteiger partial charge in [0.25, 0.3) is 5.91 Å². The average molecular weight is 857 g/mol. The number of hydrogen-bond donors (Lipinski definition) is 3. The van der Waals surface area contributed by atoms with E-state index in [0.717, 1.165) is 73.3 Å². The highest BCUT2D eigenvalue weighted by atomic mass is 19.4. The van der Waals surface area contributed by atoms with Crippen LogP contribution in [0.1, 0.15) is 47.9 Å². The highest BCUT2D eigenvalue weighted by molar-refractivity contribution is 5.89. The lowest BCUT2D eigenvalue weighted by atomic mass is 10.0. The van der Waals surface area contributed by atoms with Crippen LogP contribution in [0, 0.1) is 0 Å². The highest BCUT2D eigenvalue weighted by Gasteiger charge is 2.38. The van der Waals surface area contributed by atoms with Crippen LogP contribution in [0.2, 0.25) is 0 Å². The summed E-state index contributed by atoms with van der Waals surface area (Å²) >= 11 is 0. The summed E-state index contributed by atoms with van der Waals surface area (Å²) in [4.78, 5) is 29.5. The number of alkyl halides is 12. The number of nitrogens with zero attached hydrogens (tertiary/aromatic N) is 8. The van der Waals surface area contributed by atoms with Crippen molar-refractivity contribution in [1.82, 2.24) is 45.0 Å². The molecule has 2 aromatic heterocycles. The molecule has 0 saturated carbocycles. The molecule has 2 aliphatic rings. The van der Waals surface area contributed by atoms with Gasteiger partial charge in [0.05, 0.1) is 22.3 Å². The van der Waals surface area contributed by atoms with E-state index in [0.29, 0.717) is 30.3 Å². The Labute approximate surface area is 325 Å². The van der Waals surface area contributed by atoms with Gasteiger partial charge in [0.2, 0.25) is 0 Å². The number of benzene rings is 2. The van der Waals surface area contributed by atoms with Gasteiger partial charge in [-0.25, -0.2) is 34.1 Å². The number of nitrogens with two attached hydrogens (primary N) is 1. The van der Waals surface area contributed by atoms with Gasteiger partial charge in [-0.1, -0.05) is 0 Å². The van der Waals surface area contributed by atoms with E-state index in [2.05, 4.69) is 25.6 Å². The fourth-order valence-electron chi connectivity index (χ4n) is 5.17. The molecule has 1 amide bonds.